The van der Waals surface area contributed by atoms with Gasteiger partial charge in [-0.3, -0.25) is 4.79 Å². The highest BCUT2D eigenvalue weighted by Crippen LogP contribution is 2.33. The summed E-state index contributed by atoms with van der Waals surface area (Å²) in [5.41, 5.74) is 1.98. The number of urea groups is 1. The number of aromatic nitrogens is 1. The molecule has 26 heavy (non-hydrogen) atoms. The Balaban J connectivity index is 1.86. The second kappa shape index (κ2) is 7.95. The monoisotopic (exact) mass is 357 g/mol. The van der Waals surface area contributed by atoms with Gasteiger partial charge in [-0.15, -0.1) is 0 Å². The number of fused-ring (bicyclic) bond motifs is 1. The summed E-state index contributed by atoms with van der Waals surface area (Å²) in [4.78, 5) is 26.0. The molecule has 7 nitrogen and oxygen atoms in total. The summed E-state index contributed by atoms with van der Waals surface area (Å²) in [6, 6.07) is 11.1. The van der Waals surface area contributed by atoms with Crippen LogP contribution in [-0.4, -0.2) is 48.3 Å². The van der Waals surface area contributed by atoms with E-state index in [1.54, 1.807) is 18.9 Å². The maximum Gasteiger partial charge on any atom is 0.325 e. The molecular weight excluding hydrogens is 334 g/mol. The highest BCUT2D eigenvalue weighted by Gasteiger charge is 2.32. The van der Waals surface area contributed by atoms with Gasteiger partial charge >= 0.3 is 12.0 Å². The van der Waals surface area contributed by atoms with Crippen LogP contribution in [0.3, 0.4) is 0 Å². The van der Waals surface area contributed by atoms with E-state index in [2.05, 4.69) is 9.88 Å². The lowest BCUT2D eigenvalue weighted by atomic mass is 10.00. The summed E-state index contributed by atoms with van der Waals surface area (Å²) in [6.07, 6.45) is 2.01. The predicted molar refractivity (Wildman–Crippen MR) is 96.0 cm³/mol. The van der Waals surface area contributed by atoms with Gasteiger partial charge in [0.05, 0.1) is 19.8 Å². The van der Waals surface area contributed by atoms with Crippen molar-refractivity contribution in [3.8, 4) is 5.75 Å². The number of amides is 2. The van der Waals surface area contributed by atoms with E-state index in [0.29, 0.717) is 19.7 Å². The van der Waals surface area contributed by atoms with Crippen LogP contribution in [0.25, 0.3) is 0 Å². The van der Waals surface area contributed by atoms with Crippen molar-refractivity contribution >= 4 is 12.0 Å². The summed E-state index contributed by atoms with van der Waals surface area (Å²) in [5, 5.41) is 2.66. The molecule has 138 valence electrons. The van der Waals surface area contributed by atoms with Gasteiger partial charge in [0.1, 0.15) is 12.3 Å². The molecule has 0 saturated heterocycles. The van der Waals surface area contributed by atoms with Gasteiger partial charge < -0.3 is 24.3 Å². The van der Waals surface area contributed by atoms with Crippen LogP contribution in [0, 0.1) is 0 Å². The van der Waals surface area contributed by atoms with Crippen molar-refractivity contribution in [1.29, 1.82) is 0 Å². The zero-order chi connectivity index (χ0) is 18.5. The molecule has 1 N–H and O–H groups in total. The lowest BCUT2D eigenvalue weighted by molar-refractivity contribution is -0.141. The molecule has 1 aliphatic heterocycles. The van der Waals surface area contributed by atoms with Crippen molar-refractivity contribution in [3.63, 3.8) is 0 Å². The first-order valence-corrected chi connectivity index (χ1v) is 8.63. The SMILES string of the molecule is CCOC(=O)CNC(=O)N1CCn2cccc2C1c1cccc(OC)c1. The highest BCUT2D eigenvalue weighted by atomic mass is 16.5. The van der Waals surface area contributed by atoms with Gasteiger partial charge in [0.15, 0.2) is 0 Å². The van der Waals surface area contributed by atoms with Crippen molar-refractivity contribution < 1.29 is 19.1 Å². The fourth-order valence-corrected chi connectivity index (χ4v) is 3.23. The fraction of sp³-hybridized carbons (Fsp3) is 0.368. The molecule has 0 radical (unpaired) electrons. The third-order valence-electron chi connectivity index (χ3n) is 4.40. The molecule has 2 amide bonds. The van der Waals surface area contributed by atoms with Gasteiger partial charge in [-0.2, -0.15) is 0 Å². The number of carbonyl (C=O) groups excluding carboxylic acids is 2. The van der Waals surface area contributed by atoms with Crippen LogP contribution >= 0.6 is 0 Å². The molecule has 2 heterocycles. The Morgan fingerprint density at radius 2 is 2.08 bits per heavy atom. The minimum Gasteiger partial charge on any atom is -0.497 e. The minimum atomic E-state index is -0.445. The van der Waals surface area contributed by atoms with Crippen molar-refractivity contribution in [2.75, 3.05) is 26.8 Å². The van der Waals surface area contributed by atoms with Crippen LogP contribution in [0.1, 0.15) is 24.2 Å². The Bertz CT molecular complexity index is 787. The molecule has 0 spiro atoms. The third kappa shape index (κ3) is 3.66. The van der Waals surface area contributed by atoms with Crippen LogP contribution in [0.15, 0.2) is 42.6 Å². The second-order valence-electron chi connectivity index (χ2n) is 5.96. The number of hydrogen-bond donors (Lipinski definition) is 1. The molecule has 1 atom stereocenters. The van der Waals surface area contributed by atoms with Crippen LogP contribution in [0.5, 0.6) is 5.75 Å². The van der Waals surface area contributed by atoms with Crippen LogP contribution in [0.4, 0.5) is 4.79 Å². The van der Waals surface area contributed by atoms with Crippen molar-refractivity contribution in [2.24, 2.45) is 0 Å². The number of rotatable bonds is 5. The zero-order valence-corrected chi connectivity index (χ0v) is 15.0. The largest absolute Gasteiger partial charge is 0.497 e. The first kappa shape index (κ1) is 17.8. The standard InChI is InChI=1S/C19H23N3O4/c1-3-26-17(23)13-20-19(24)22-11-10-21-9-5-8-16(21)18(22)14-6-4-7-15(12-14)25-2/h4-9,12,18H,3,10-11,13H2,1-2H3,(H,20,24). The quantitative estimate of drug-likeness (QED) is 0.833. The van der Waals surface area contributed by atoms with Gasteiger partial charge in [0.25, 0.3) is 0 Å². The molecular formula is C19H23N3O4. The number of carbonyl (C=O) groups is 2. The summed E-state index contributed by atoms with van der Waals surface area (Å²) in [7, 11) is 1.62. The summed E-state index contributed by atoms with van der Waals surface area (Å²) in [6.45, 7) is 3.12. The number of benzene rings is 1. The number of nitrogens with zero attached hydrogens (tertiary/aromatic N) is 2. The average molecular weight is 357 g/mol. The minimum absolute atomic E-state index is 0.144. The molecule has 0 bridgehead atoms. The van der Waals surface area contributed by atoms with E-state index in [1.807, 2.05) is 42.6 Å². The zero-order valence-electron chi connectivity index (χ0n) is 15.0. The molecule has 0 saturated carbocycles. The smallest absolute Gasteiger partial charge is 0.325 e. The molecule has 7 heteroatoms. The Morgan fingerprint density at radius 1 is 1.23 bits per heavy atom. The molecule has 2 aromatic rings. The van der Waals surface area contributed by atoms with Gasteiger partial charge in [0.2, 0.25) is 0 Å². The van der Waals surface area contributed by atoms with Crippen LogP contribution < -0.4 is 10.1 Å². The van der Waals surface area contributed by atoms with Crippen LogP contribution in [-0.2, 0) is 16.1 Å². The van der Waals surface area contributed by atoms with E-state index in [-0.39, 0.29) is 18.6 Å². The summed E-state index contributed by atoms with van der Waals surface area (Å²) < 4.78 is 12.3. The Morgan fingerprint density at radius 3 is 2.85 bits per heavy atom. The maximum atomic E-state index is 12.7. The van der Waals surface area contributed by atoms with E-state index < -0.39 is 5.97 Å². The third-order valence-corrected chi connectivity index (χ3v) is 4.40. The number of ether oxygens (including phenoxy) is 2. The average Bonchev–Trinajstić information content (AvgIpc) is 3.14. The molecule has 1 unspecified atom stereocenters. The van der Waals surface area contributed by atoms with Gasteiger partial charge in [-0.25, -0.2) is 4.79 Å². The van der Waals surface area contributed by atoms with E-state index in [4.69, 9.17) is 9.47 Å². The first-order chi connectivity index (χ1) is 12.6. The Labute approximate surface area is 152 Å². The lowest BCUT2D eigenvalue weighted by Crippen LogP contribution is -2.48. The Kier molecular flexibility index (Phi) is 5.46. The van der Waals surface area contributed by atoms with E-state index >= 15 is 0 Å². The van der Waals surface area contributed by atoms with Gasteiger partial charge in [-0.1, -0.05) is 12.1 Å². The molecule has 1 aromatic carbocycles. The maximum absolute atomic E-state index is 12.7. The molecule has 1 aliphatic rings. The van der Waals surface area contributed by atoms with Crippen molar-refractivity contribution in [2.45, 2.75) is 19.5 Å². The van der Waals surface area contributed by atoms with Crippen molar-refractivity contribution in [3.05, 3.63) is 53.9 Å². The van der Waals surface area contributed by atoms with E-state index in [9.17, 15) is 9.59 Å². The first-order valence-electron chi connectivity index (χ1n) is 8.63. The summed E-state index contributed by atoms with van der Waals surface area (Å²) in [5.74, 6) is 0.289. The molecule has 0 aliphatic carbocycles. The number of esters is 1. The number of nitrogens with one attached hydrogen (secondary N) is 1. The molecule has 0 fully saturated rings. The predicted octanol–water partition coefficient (Wildman–Crippen LogP) is 2.17. The number of hydrogen-bond acceptors (Lipinski definition) is 4. The van der Waals surface area contributed by atoms with Crippen molar-refractivity contribution in [1.82, 2.24) is 14.8 Å². The van der Waals surface area contributed by atoms with E-state index in [0.717, 1.165) is 17.0 Å². The normalized spacial score (nSPS) is 15.9. The van der Waals surface area contributed by atoms with Gasteiger partial charge in [0, 0.05) is 25.0 Å². The molecule has 3 rings (SSSR count). The molecule has 1 aromatic heterocycles. The Hall–Kier alpha value is -2.96. The lowest BCUT2D eigenvalue weighted by Gasteiger charge is -2.37. The number of methoxy groups -OCH3 is 1. The topological polar surface area (TPSA) is 72.8 Å². The summed E-state index contributed by atoms with van der Waals surface area (Å²) >= 11 is 0. The second-order valence-corrected chi connectivity index (χ2v) is 5.96. The highest BCUT2D eigenvalue weighted by molar-refractivity contribution is 5.81. The van der Waals surface area contributed by atoms with Gasteiger partial charge in [-0.05, 0) is 36.8 Å². The van der Waals surface area contributed by atoms with E-state index in [1.165, 1.54) is 0 Å². The fourth-order valence-electron chi connectivity index (χ4n) is 3.23. The van der Waals surface area contributed by atoms with Crippen LogP contribution in [0.2, 0.25) is 0 Å².